The van der Waals surface area contributed by atoms with E-state index in [-0.39, 0.29) is 10.9 Å². The molecule has 37 heavy (non-hydrogen) atoms. The van der Waals surface area contributed by atoms with Crippen LogP contribution in [0.1, 0.15) is 59.6 Å². The molecule has 0 heterocycles. The number of nitrogens with one attached hydrogen (secondary N) is 1. The van der Waals surface area contributed by atoms with Crippen molar-refractivity contribution in [1.29, 1.82) is 0 Å². The zero-order chi connectivity index (χ0) is 27.9. The summed E-state index contributed by atoms with van der Waals surface area (Å²) in [5.41, 5.74) is 1.49. The topological polar surface area (TPSA) is 67.9 Å². The third kappa shape index (κ3) is 10.3. The predicted molar refractivity (Wildman–Crippen MR) is 153 cm³/mol. The van der Waals surface area contributed by atoms with Gasteiger partial charge in [0.05, 0.1) is 12.1 Å². The third-order valence-corrected chi connectivity index (χ3v) is 11.3. The van der Waals surface area contributed by atoms with Crippen LogP contribution >= 0.6 is 0 Å². The molecule has 7 heteroatoms. The molecule has 0 saturated heterocycles. The molecular weight excluding hydrogens is 480 g/mol. The van der Waals surface area contributed by atoms with E-state index < -0.39 is 32.2 Å². The molecule has 1 N–H and O–H groups in total. The number of hydrogen-bond acceptors (Lipinski definition) is 4. The lowest BCUT2D eigenvalue weighted by Gasteiger charge is -2.43. The summed E-state index contributed by atoms with van der Waals surface area (Å²) in [5, 5.41) is 3.06. The van der Waals surface area contributed by atoms with Crippen molar-refractivity contribution in [3.63, 3.8) is 0 Å². The Bertz CT molecular complexity index is 998. The lowest BCUT2D eigenvalue weighted by atomic mass is 10.0. The van der Waals surface area contributed by atoms with Crippen molar-refractivity contribution in [2.45, 2.75) is 97.3 Å². The van der Waals surface area contributed by atoms with E-state index in [4.69, 9.17) is 9.16 Å². The van der Waals surface area contributed by atoms with Crippen molar-refractivity contribution in [2.24, 2.45) is 0 Å². The van der Waals surface area contributed by atoms with Crippen molar-refractivity contribution in [3.05, 3.63) is 71.8 Å². The molecule has 0 spiro atoms. The first-order valence-corrected chi connectivity index (χ1v) is 16.0. The van der Waals surface area contributed by atoms with E-state index in [0.717, 1.165) is 11.1 Å². The summed E-state index contributed by atoms with van der Waals surface area (Å²) >= 11 is 0. The number of rotatable bonds is 10. The van der Waals surface area contributed by atoms with Crippen LogP contribution < -0.4 is 5.32 Å². The minimum Gasteiger partial charge on any atom is -0.444 e. The second kappa shape index (κ2) is 12.7. The smallest absolute Gasteiger partial charge is 0.407 e. The van der Waals surface area contributed by atoms with Gasteiger partial charge in [0, 0.05) is 20.0 Å². The lowest BCUT2D eigenvalue weighted by Crippen LogP contribution is -2.56. The van der Waals surface area contributed by atoms with E-state index >= 15 is 0 Å². The quantitative estimate of drug-likeness (QED) is 0.356. The molecule has 2 aromatic rings. The van der Waals surface area contributed by atoms with Gasteiger partial charge in [0.25, 0.3) is 0 Å². The van der Waals surface area contributed by atoms with Gasteiger partial charge in [0.1, 0.15) is 5.60 Å². The Morgan fingerprint density at radius 2 is 1.41 bits per heavy atom. The van der Waals surface area contributed by atoms with Crippen LogP contribution in [0, 0.1) is 0 Å². The van der Waals surface area contributed by atoms with Gasteiger partial charge < -0.3 is 19.4 Å². The summed E-state index contributed by atoms with van der Waals surface area (Å²) in [6, 6.07) is 19.6. The van der Waals surface area contributed by atoms with E-state index in [1.165, 1.54) is 0 Å². The number of alkyl carbamates (subject to hydrolysis) is 1. The molecule has 0 aromatic heterocycles. The van der Waals surface area contributed by atoms with E-state index in [1.807, 2.05) is 86.3 Å². The maximum Gasteiger partial charge on any atom is 0.407 e. The summed E-state index contributed by atoms with van der Waals surface area (Å²) < 4.78 is 12.6. The van der Waals surface area contributed by atoms with Gasteiger partial charge in [-0.3, -0.25) is 4.79 Å². The second-order valence-electron chi connectivity index (χ2n) is 12.2. The van der Waals surface area contributed by atoms with Gasteiger partial charge >= 0.3 is 6.09 Å². The summed E-state index contributed by atoms with van der Waals surface area (Å²) in [4.78, 5) is 27.6. The molecule has 2 aromatic carbocycles. The van der Waals surface area contributed by atoms with Gasteiger partial charge in [-0.25, -0.2) is 4.79 Å². The molecule has 0 bridgehead atoms. The summed E-state index contributed by atoms with van der Waals surface area (Å²) in [6.45, 7) is 18.9. The van der Waals surface area contributed by atoms with Gasteiger partial charge in [0.15, 0.2) is 8.32 Å². The SMILES string of the molecule is CC(=O)N(Cc1ccccc1)CC(O[Si](C)(C)C(C)(C)C)[C@H](Cc1ccccc1)NC(=O)OC(C)(C)C. The zero-order valence-corrected chi connectivity index (χ0v) is 25.1. The van der Waals surface area contributed by atoms with Crippen LogP contribution in [0.2, 0.25) is 18.1 Å². The van der Waals surface area contributed by atoms with Crippen LogP contribution in [0.5, 0.6) is 0 Å². The number of nitrogens with zero attached hydrogens (tertiary/aromatic N) is 1. The lowest BCUT2D eigenvalue weighted by molar-refractivity contribution is -0.131. The number of ether oxygens (including phenoxy) is 1. The molecule has 2 amide bonds. The molecule has 2 atom stereocenters. The van der Waals surface area contributed by atoms with Crippen LogP contribution in [0.4, 0.5) is 4.79 Å². The zero-order valence-electron chi connectivity index (χ0n) is 24.1. The Balaban J connectivity index is 2.46. The van der Waals surface area contributed by atoms with Crippen LogP contribution in [-0.2, 0) is 26.9 Å². The molecular formula is C30H46N2O4Si. The monoisotopic (exact) mass is 526 g/mol. The van der Waals surface area contributed by atoms with E-state index in [9.17, 15) is 9.59 Å². The Morgan fingerprint density at radius 3 is 1.86 bits per heavy atom. The molecule has 0 aliphatic rings. The van der Waals surface area contributed by atoms with Crippen molar-refractivity contribution < 1.29 is 18.8 Å². The van der Waals surface area contributed by atoms with Crippen LogP contribution in [0.3, 0.4) is 0 Å². The highest BCUT2D eigenvalue weighted by atomic mass is 28.4. The van der Waals surface area contributed by atoms with Crippen molar-refractivity contribution in [3.8, 4) is 0 Å². The van der Waals surface area contributed by atoms with E-state index in [2.05, 4.69) is 39.2 Å². The van der Waals surface area contributed by atoms with Crippen molar-refractivity contribution in [2.75, 3.05) is 6.54 Å². The molecule has 0 aliphatic carbocycles. The minimum absolute atomic E-state index is 0.0385. The van der Waals surface area contributed by atoms with E-state index in [0.29, 0.717) is 19.5 Å². The van der Waals surface area contributed by atoms with Crippen molar-refractivity contribution >= 4 is 20.3 Å². The Morgan fingerprint density at radius 1 is 0.892 bits per heavy atom. The number of amides is 2. The fraction of sp³-hybridized carbons (Fsp3) is 0.533. The first kappa shape index (κ1) is 30.6. The average molecular weight is 527 g/mol. The Kier molecular flexibility index (Phi) is 10.5. The first-order valence-electron chi connectivity index (χ1n) is 13.1. The number of carbonyl (C=O) groups excluding carboxylic acids is 2. The van der Waals surface area contributed by atoms with Gasteiger partial charge in [0.2, 0.25) is 5.91 Å². The number of benzene rings is 2. The number of carbonyl (C=O) groups is 2. The van der Waals surface area contributed by atoms with Gasteiger partial charge in [-0.15, -0.1) is 0 Å². The van der Waals surface area contributed by atoms with Gasteiger partial charge in [-0.1, -0.05) is 81.4 Å². The van der Waals surface area contributed by atoms with Gasteiger partial charge in [-0.05, 0) is 56.5 Å². The van der Waals surface area contributed by atoms with E-state index in [1.54, 1.807) is 6.92 Å². The van der Waals surface area contributed by atoms with Crippen LogP contribution in [-0.4, -0.2) is 49.5 Å². The van der Waals surface area contributed by atoms with Gasteiger partial charge in [-0.2, -0.15) is 0 Å². The molecule has 6 nitrogen and oxygen atoms in total. The molecule has 0 aliphatic heterocycles. The molecule has 1 unspecified atom stereocenters. The second-order valence-corrected chi connectivity index (χ2v) is 17.0. The molecule has 2 rings (SSSR count). The van der Waals surface area contributed by atoms with Crippen LogP contribution in [0.15, 0.2) is 60.7 Å². The van der Waals surface area contributed by atoms with Crippen molar-refractivity contribution in [1.82, 2.24) is 10.2 Å². The maximum absolute atomic E-state index is 13.0. The Hall–Kier alpha value is -2.64. The standard InChI is InChI=1S/C30H46N2O4Si/c1-23(33)32(21-25-18-14-11-15-19-25)22-27(36-37(8,9)30(5,6)7)26(20-24-16-12-10-13-17-24)31-28(34)35-29(2,3)4/h10-19,26-27H,20-22H2,1-9H3,(H,31,34)/t26-,27?/m0/s1. The maximum atomic E-state index is 13.0. The predicted octanol–water partition coefficient (Wildman–Crippen LogP) is 6.56. The van der Waals surface area contributed by atoms with Crippen LogP contribution in [0.25, 0.3) is 0 Å². The molecule has 0 radical (unpaired) electrons. The largest absolute Gasteiger partial charge is 0.444 e. The molecule has 0 fully saturated rings. The Labute approximate surface area is 224 Å². The highest BCUT2D eigenvalue weighted by molar-refractivity contribution is 6.74. The summed E-state index contributed by atoms with van der Waals surface area (Å²) in [5.74, 6) is -0.0385. The molecule has 0 saturated carbocycles. The third-order valence-electron chi connectivity index (χ3n) is 6.76. The first-order chi connectivity index (χ1) is 17.1. The number of hydrogen-bond donors (Lipinski definition) is 1. The average Bonchev–Trinajstić information content (AvgIpc) is 2.77. The summed E-state index contributed by atoms with van der Waals surface area (Å²) in [6.07, 6.45) is -0.368. The molecule has 204 valence electrons. The fourth-order valence-electron chi connectivity index (χ4n) is 3.73. The summed E-state index contributed by atoms with van der Waals surface area (Å²) in [7, 11) is -2.27. The highest BCUT2D eigenvalue weighted by Crippen LogP contribution is 2.38. The minimum atomic E-state index is -2.27. The fourth-order valence-corrected chi connectivity index (χ4v) is 5.08. The normalized spacial score (nSPS) is 14.0. The highest BCUT2D eigenvalue weighted by Gasteiger charge is 2.42.